The van der Waals surface area contributed by atoms with E-state index >= 15 is 0 Å². The maximum Gasteiger partial charge on any atom is 0.197 e. The molecule has 0 aromatic heterocycles. The Balaban J connectivity index is 1.89. The molecule has 0 N–H and O–H groups in total. The first kappa shape index (κ1) is 16.7. The summed E-state index contributed by atoms with van der Waals surface area (Å²) in [4.78, 5) is 0. The summed E-state index contributed by atoms with van der Waals surface area (Å²) in [6.07, 6.45) is -1.22. The zero-order valence-electron chi connectivity index (χ0n) is 14.7. The van der Waals surface area contributed by atoms with Gasteiger partial charge in [0, 0.05) is 7.11 Å². The van der Waals surface area contributed by atoms with Crippen molar-refractivity contribution < 1.29 is 23.7 Å². The fraction of sp³-hybridized carbons (Fsp3) is 0.667. The summed E-state index contributed by atoms with van der Waals surface area (Å²) < 4.78 is 29.5. The maximum atomic E-state index is 6.33. The van der Waals surface area contributed by atoms with Crippen LogP contribution in [-0.2, 0) is 18.9 Å². The molecule has 0 saturated carbocycles. The van der Waals surface area contributed by atoms with E-state index in [2.05, 4.69) is 19.1 Å². The van der Waals surface area contributed by atoms with Crippen molar-refractivity contribution in [2.75, 3.05) is 13.7 Å². The highest BCUT2D eigenvalue weighted by atomic mass is 16.8. The molecule has 3 rings (SSSR count). The Bertz CT molecular complexity index is 560. The molecule has 1 aromatic rings. The minimum absolute atomic E-state index is 0.146. The van der Waals surface area contributed by atoms with Crippen molar-refractivity contribution in [3.8, 4) is 5.75 Å². The Labute approximate surface area is 137 Å². The summed E-state index contributed by atoms with van der Waals surface area (Å²) >= 11 is 0. The van der Waals surface area contributed by atoms with Crippen LogP contribution < -0.4 is 4.74 Å². The minimum Gasteiger partial charge on any atom is -0.482 e. The summed E-state index contributed by atoms with van der Waals surface area (Å²) in [6.45, 7) is 10.4. The van der Waals surface area contributed by atoms with Gasteiger partial charge in [0.15, 0.2) is 18.2 Å². The van der Waals surface area contributed by atoms with Crippen LogP contribution in [0, 0.1) is 20.8 Å². The smallest absolute Gasteiger partial charge is 0.197 e. The Morgan fingerprint density at radius 2 is 1.74 bits per heavy atom. The van der Waals surface area contributed by atoms with Gasteiger partial charge in [0.2, 0.25) is 0 Å². The summed E-state index contributed by atoms with van der Waals surface area (Å²) in [7, 11) is 1.62. The van der Waals surface area contributed by atoms with Gasteiger partial charge in [-0.2, -0.15) is 0 Å². The molecule has 5 heteroatoms. The van der Waals surface area contributed by atoms with Crippen molar-refractivity contribution >= 4 is 0 Å². The van der Waals surface area contributed by atoms with E-state index in [1.807, 2.05) is 27.7 Å². The van der Waals surface area contributed by atoms with Crippen molar-refractivity contribution in [2.24, 2.45) is 0 Å². The highest BCUT2D eigenvalue weighted by Crippen LogP contribution is 2.37. The number of hydrogen-bond acceptors (Lipinski definition) is 5. The molecule has 2 aliphatic heterocycles. The molecule has 2 aliphatic rings. The van der Waals surface area contributed by atoms with E-state index < -0.39 is 12.1 Å². The van der Waals surface area contributed by atoms with Gasteiger partial charge in [0.1, 0.15) is 18.0 Å². The molecule has 0 spiro atoms. The lowest BCUT2D eigenvalue weighted by molar-refractivity contribution is -0.234. The lowest BCUT2D eigenvalue weighted by Gasteiger charge is -2.37. The van der Waals surface area contributed by atoms with E-state index in [0.717, 1.165) is 16.9 Å². The van der Waals surface area contributed by atoms with E-state index in [9.17, 15) is 0 Å². The zero-order chi connectivity index (χ0) is 16.8. The highest BCUT2D eigenvalue weighted by Gasteiger charge is 2.52. The monoisotopic (exact) mass is 322 g/mol. The number of fused-ring (bicyclic) bond motifs is 1. The molecule has 128 valence electrons. The third kappa shape index (κ3) is 3.24. The van der Waals surface area contributed by atoms with Gasteiger partial charge in [0.05, 0.1) is 6.61 Å². The van der Waals surface area contributed by atoms with Gasteiger partial charge in [-0.3, -0.25) is 0 Å². The molecular weight excluding hydrogens is 296 g/mol. The third-order valence-electron chi connectivity index (χ3n) is 4.33. The van der Waals surface area contributed by atoms with Crippen LogP contribution in [-0.4, -0.2) is 44.1 Å². The molecular formula is C18H26O5. The van der Waals surface area contributed by atoms with E-state index in [-0.39, 0.29) is 18.3 Å². The van der Waals surface area contributed by atoms with Gasteiger partial charge in [-0.05, 0) is 45.7 Å². The van der Waals surface area contributed by atoms with E-state index in [1.54, 1.807) is 7.11 Å². The molecule has 5 nitrogen and oxygen atoms in total. The topological polar surface area (TPSA) is 46.2 Å². The van der Waals surface area contributed by atoms with Crippen molar-refractivity contribution in [1.29, 1.82) is 0 Å². The fourth-order valence-electron chi connectivity index (χ4n) is 3.52. The van der Waals surface area contributed by atoms with Crippen molar-refractivity contribution in [1.82, 2.24) is 0 Å². The van der Waals surface area contributed by atoms with Crippen LogP contribution in [0.25, 0.3) is 0 Å². The van der Waals surface area contributed by atoms with Crippen LogP contribution in [0.5, 0.6) is 5.75 Å². The lowest BCUT2D eigenvalue weighted by Crippen LogP contribution is -2.55. The second-order valence-corrected chi connectivity index (χ2v) is 6.89. The second kappa shape index (κ2) is 6.06. The molecule has 23 heavy (non-hydrogen) atoms. The molecule has 0 radical (unpaired) electrons. The first-order valence-electron chi connectivity index (χ1n) is 8.05. The zero-order valence-corrected chi connectivity index (χ0v) is 14.7. The average molecular weight is 322 g/mol. The summed E-state index contributed by atoms with van der Waals surface area (Å²) in [5, 5.41) is 0. The van der Waals surface area contributed by atoms with Crippen LogP contribution in [0.3, 0.4) is 0 Å². The van der Waals surface area contributed by atoms with Gasteiger partial charge < -0.3 is 23.7 Å². The number of benzene rings is 1. The Kier molecular flexibility index (Phi) is 4.40. The molecule has 2 fully saturated rings. The Morgan fingerprint density at radius 1 is 1.09 bits per heavy atom. The third-order valence-corrected chi connectivity index (χ3v) is 4.33. The highest BCUT2D eigenvalue weighted by molar-refractivity contribution is 5.43. The molecule has 0 amide bonds. The van der Waals surface area contributed by atoms with Gasteiger partial charge >= 0.3 is 0 Å². The first-order chi connectivity index (χ1) is 10.8. The average Bonchev–Trinajstić information content (AvgIpc) is 2.76. The van der Waals surface area contributed by atoms with Crippen molar-refractivity contribution in [2.45, 2.75) is 65.0 Å². The molecule has 1 aromatic carbocycles. The predicted molar refractivity (Wildman–Crippen MR) is 85.6 cm³/mol. The van der Waals surface area contributed by atoms with Crippen molar-refractivity contribution in [3.63, 3.8) is 0 Å². The summed E-state index contributed by atoms with van der Waals surface area (Å²) in [5.74, 6) is 0.223. The van der Waals surface area contributed by atoms with Crippen LogP contribution in [0.15, 0.2) is 12.1 Å². The summed E-state index contributed by atoms with van der Waals surface area (Å²) in [5.41, 5.74) is 3.41. The molecule has 0 aliphatic carbocycles. The lowest BCUT2D eigenvalue weighted by atomic mass is 10.0. The van der Waals surface area contributed by atoms with Crippen LogP contribution in [0.4, 0.5) is 0 Å². The number of aryl methyl sites for hydroxylation is 3. The minimum atomic E-state index is -0.639. The quantitative estimate of drug-likeness (QED) is 0.856. The Morgan fingerprint density at radius 3 is 2.35 bits per heavy atom. The van der Waals surface area contributed by atoms with Gasteiger partial charge in [-0.15, -0.1) is 0 Å². The predicted octanol–water partition coefficient (Wildman–Crippen LogP) is 2.88. The first-order valence-corrected chi connectivity index (χ1v) is 8.05. The fourth-order valence-corrected chi connectivity index (χ4v) is 3.52. The van der Waals surface area contributed by atoms with Crippen LogP contribution in [0.1, 0.15) is 30.5 Å². The van der Waals surface area contributed by atoms with E-state index in [0.29, 0.717) is 6.61 Å². The number of ether oxygens (including phenoxy) is 5. The molecule has 0 bridgehead atoms. The molecule has 0 unspecified atom stereocenters. The largest absolute Gasteiger partial charge is 0.482 e. The van der Waals surface area contributed by atoms with Gasteiger partial charge in [-0.25, -0.2) is 0 Å². The van der Waals surface area contributed by atoms with Crippen LogP contribution >= 0.6 is 0 Å². The Hall–Kier alpha value is -1.14. The van der Waals surface area contributed by atoms with Gasteiger partial charge in [0.25, 0.3) is 0 Å². The molecule has 2 saturated heterocycles. The summed E-state index contributed by atoms with van der Waals surface area (Å²) in [6, 6.07) is 4.22. The SMILES string of the molecule is CO[C@@H]1OC[C@@H]2OC(C)(C)O[C@H]2[C@H]1Oc1c(C)cc(C)cc1C. The number of methoxy groups -OCH3 is 1. The maximum absolute atomic E-state index is 6.33. The molecule has 2 heterocycles. The van der Waals surface area contributed by atoms with Crippen LogP contribution in [0.2, 0.25) is 0 Å². The number of rotatable bonds is 3. The normalized spacial score (nSPS) is 32.6. The standard InChI is InChI=1S/C18H26O5/c1-10-7-11(2)14(12(3)8-10)21-16-15-13(9-20-17(16)19-6)22-18(4,5)23-15/h7-8,13,15-17H,9H2,1-6H3/t13-,15+,16+,17+/m0/s1. The van der Waals surface area contributed by atoms with E-state index in [1.165, 1.54) is 5.56 Å². The molecule has 4 atom stereocenters. The van der Waals surface area contributed by atoms with Crippen molar-refractivity contribution in [3.05, 3.63) is 28.8 Å². The second-order valence-electron chi connectivity index (χ2n) is 6.89. The van der Waals surface area contributed by atoms with E-state index in [4.69, 9.17) is 23.7 Å². The van der Waals surface area contributed by atoms with Gasteiger partial charge in [-0.1, -0.05) is 17.7 Å². The number of hydrogen-bond donors (Lipinski definition) is 0.